The molecule has 0 aliphatic carbocycles. The number of hydrogen-bond acceptors (Lipinski definition) is 5. The Morgan fingerprint density at radius 3 is 2.80 bits per heavy atom. The summed E-state index contributed by atoms with van der Waals surface area (Å²) >= 11 is 1.84. The maximum Gasteiger partial charge on any atom is 0.409 e. The molecular weight excluding hydrogens is 398 g/mol. The Bertz CT molecular complexity index is 658. The standard InChI is InChI=1S/C22H37N5O2S/c1-3-23-21(25-19-9-12-27(13-10-19)22(28)29-4-2)24-15-18-7-5-11-26(16-18)17-20-8-6-14-30-20/h6,8,14,18-19H,3-5,7,9-13,15-17H2,1-2H3,(H2,23,24,25). The molecule has 1 amide bonds. The Balaban J connectivity index is 1.45. The second-order valence-electron chi connectivity index (χ2n) is 8.15. The summed E-state index contributed by atoms with van der Waals surface area (Å²) < 4.78 is 5.11. The fourth-order valence-corrected chi connectivity index (χ4v) is 4.97. The van der Waals surface area contributed by atoms with Crippen LogP contribution in [0.1, 0.15) is 44.4 Å². The van der Waals surface area contributed by atoms with Crippen LogP contribution in [0.3, 0.4) is 0 Å². The highest BCUT2D eigenvalue weighted by Crippen LogP contribution is 2.20. The predicted octanol–water partition coefficient (Wildman–Crippen LogP) is 3.14. The predicted molar refractivity (Wildman–Crippen MR) is 123 cm³/mol. The van der Waals surface area contributed by atoms with Gasteiger partial charge in [-0.3, -0.25) is 9.89 Å². The summed E-state index contributed by atoms with van der Waals surface area (Å²) in [4.78, 5) is 22.6. The van der Waals surface area contributed by atoms with E-state index in [0.717, 1.165) is 58.1 Å². The van der Waals surface area contributed by atoms with Crippen molar-refractivity contribution >= 4 is 23.4 Å². The zero-order valence-electron chi connectivity index (χ0n) is 18.4. The van der Waals surface area contributed by atoms with Crippen molar-refractivity contribution in [3.63, 3.8) is 0 Å². The number of thiophene rings is 1. The highest BCUT2D eigenvalue weighted by atomic mass is 32.1. The molecule has 1 aromatic rings. The van der Waals surface area contributed by atoms with E-state index in [-0.39, 0.29) is 6.09 Å². The number of carbonyl (C=O) groups excluding carboxylic acids is 1. The second kappa shape index (κ2) is 12.2. The van der Waals surface area contributed by atoms with Crippen molar-refractivity contribution in [2.24, 2.45) is 10.9 Å². The zero-order chi connectivity index (χ0) is 21.2. The molecule has 2 fully saturated rings. The number of hydrogen-bond donors (Lipinski definition) is 2. The molecular formula is C22H37N5O2S. The molecule has 168 valence electrons. The molecule has 1 unspecified atom stereocenters. The number of amides is 1. The van der Waals surface area contributed by atoms with Gasteiger partial charge in [-0.25, -0.2) is 4.79 Å². The molecule has 0 bridgehead atoms. The average molecular weight is 436 g/mol. The highest BCUT2D eigenvalue weighted by molar-refractivity contribution is 7.09. The lowest BCUT2D eigenvalue weighted by atomic mass is 9.98. The molecule has 30 heavy (non-hydrogen) atoms. The van der Waals surface area contributed by atoms with Gasteiger partial charge in [0.1, 0.15) is 0 Å². The summed E-state index contributed by atoms with van der Waals surface area (Å²) in [6.07, 6.45) is 4.15. The number of aliphatic imine (C=N–C) groups is 1. The first-order valence-electron chi connectivity index (χ1n) is 11.4. The van der Waals surface area contributed by atoms with Crippen LogP contribution in [0.25, 0.3) is 0 Å². The van der Waals surface area contributed by atoms with Crippen LogP contribution in [-0.4, -0.2) is 73.8 Å². The van der Waals surface area contributed by atoms with Gasteiger partial charge in [0.25, 0.3) is 0 Å². The maximum atomic E-state index is 11.9. The van der Waals surface area contributed by atoms with Gasteiger partial charge in [-0.05, 0) is 63.4 Å². The van der Waals surface area contributed by atoms with Crippen LogP contribution in [0, 0.1) is 5.92 Å². The monoisotopic (exact) mass is 435 g/mol. The van der Waals surface area contributed by atoms with Crippen LogP contribution in [0.2, 0.25) is 0 Å². The summed E-state index contributed by atoms with van der Waals surface area (Å²) in [6, 6.07) is 4.71. The molecule has 2 N–H and O–H groups in total. The van der Waals surface area contributed by atoms with Gasteiger partial charge >= 0.3 is 6.09 Å². The fraction of sp³-hybridized carbons (Fsp3) is 0.727. The van der Waals surface area contributed by atoms with Crippen molar-refractivity contribution in [2.45, 2.75) is 52.1 Å². The van der Waals surface area contributed by atoms with E-state index in [0.29, 0.717) is 18.6 Å². The van der Waals surface area contributed by atoms with Gasteiger partial charge in [0.15, 0.2) is 5.96 Å². The van der Waals surface area contributed by atoms with Gasteiger partial charge in [-0.1, -0.05) is 6.07 Å². The van der Waals surface area contributed by atoms with Crippen LogP contribution < -0.4 is 10.6 Å². The van der Waals surface area contributed by atoms with E-state index in [9.17, 15) is 4.79 Å². The quantitative estimate of drug-likeness (QED) is 0.509. The summed E-state index contributed by atoms with van der Waals surface area (Å²) in [6.45, 7) is 10.9. The Labute approximate surface area is 184 Å². The lowest BCUT2D eigenvalue weighted by Crippen LogP contribution is -2.50. The summed E-state index contributed by atoms with van der Waals surface area (Å²) in [5.41, 5.74) is 0. The molecule has 2 aliphatic heterocycles. The molecule has 2 saturated heterocycles. The number of likely N-dealkylation sites (tertiary alicyclic amines) is 2. The molecule has 1 atom stereocenters. The first-order valence-corrected chi connectivity index (χ1v) is 12.3. The van der Waals surface area contributed by atoms with Gasteiger partial charge in [0.2, 0.25) is 0 Å². The molecule has 7 nitrogen and oxygen atoms in total. The van der Waals surface area contributed by atoms with Gasteiger partial charge in [-0.2, -0.15) is 0 Å². The minimum absolute atomic E-state index is 0.194. The van der Waals surface area contributed by atoms with E-state index in [1.165, 1.54) is 24.3 Å². The van der Waals surface area contributed by atoms with Gasteiger partial charge in [0, 0.05) is 50.2 Å². The van der Waals surface area contributed by atoms with Crippen LogP contribution in [0.4, 0.5) is 4.79 Å². The minimum Gasteiger partial charge on any atom is -0.450 e. The van der Waals surface area contributed by atoms with E-state index >= 15 is 0 Å². The topological polar surface area (TPSA) is 69.2 Å². The normalized spacial score (nSPS) is 21.5. The number of ether oxygens (including phenoxy) is 1. The van der Waals surface area contributed by atoms with Crippen molar-refractivity contribution in [2.75, 3.05) is 45.9 Å². The molecule has 1 aromatic heterocycles. The minimum atomic E-state index is -0.194. The lowest BCUT2D eigenvalue weighted by Gasteiger charge is -2.33. The molecule has 8 heteroatoms. The van der Waals surface area contributed by atoms with Crippen molar-refractivity contribution in [3.05, 3.63) is 22.4 Å². The van der Waals surface area contributed by atoms with E-state index in [1.807, 2.05) is 18.3 Å². The van der Waals surface area contributed by atoms with Gasteiger partial charge < -0.3 is 20.3 Å². The Kier molecular flexibility index (Phi) is 9.27. The average Bonchev–Trinajstić information content (AvgIpc) is 3.26. The third-order valence-electron chi connectivity index (χ3n) is 5.78. The number of guanidine groups is 1. The molecule has 0 radical (unpaired) electrons. The van der Waals surface area contributed by atoms with Crippen molar-refractivity contribution in [1.29, 1.82) is 0 Å². The van der Waals surface area contributed by atoms with Gasteiger partial charge in [-0.15, -0.1) is 11.3 Å². The van der Waals surface area contributed by atoms with E-state index in [4.69, 9.17) is 9.73 Å². The zero-order valence-corrected chi connectivity index (χ0v) is 19.3. The molecule has 2 aliphatic rings. The number of rotatable bonds is 7. The number of nitrogens with one attached hydrogen (secondary N) is 2. The van der Waals surface area contributed by atoms with E-state index in [1.54, 1.807) is 4.90 Å². The number of carbonyl (C=O) groups is 1. The Morgan fingerprint density at radius 2 is 2.10 bits per heavy atom. The molecule has 0 spiro atoms. The van der Waals surface area contributed by atoms with Crippen LogP contribution in [0.15, 0.2) is 22.5 Å². The Morgan fingerprint density at radius 1 is 1.27 bits per heavy atom. The summed E-state index contributed by atoms with van der Waals surface area (Å²) in [5.74, 6) is 1.52. The third-order valence-corrected chi connectivity index (χ3v) is 6.64. The molecule has 3 heterocycles. The molecule has 3 rings (SSSR count). The SMILES string of the molecule is CCNC(=NCC1CCCN(Cc2cccs2)C1)NC1CCN(C(=O)OCC)CC1. The maximum absolute atomic E-state index is 11.9. The van der Waals surface area contributed by atoms with E-state index in [2.05, 4.69) is 40.0 Å². The van der Waals surface area contributed by atoms with Crippen molar-refractivity contribution in [1.82, 2.24) is 20.4 Å². The third kappa shape index (κ3) is 7.16. The van der Waals surface area contributed by atoms with Crippen LogP contribution in [0.5, 0.6) is 0 Å². The van der Waals surface area contributed by atoms with E-state index < -0.39 is 0 Å². The first kappa shape index (κ1) is 22.9. The Hall–Kier alpha value is -1.80. The lowest BCUT2D eigenvalue weighted by molar-refractivity contribution is 0.0963. The van der Waals surface area contributed by atoms with Crippen molar-refractivity contribution in [3.8, 4) is 0 Å². The summed E-state index contributed by atoms with van der Waals surface area (Å²) in [7, 11) is 0. The molecule has 0 aromatic carbocycles. The number of nitrogens with zero attached hydrogens (tertiary/aromatic N) is 3. The number of piperidine rings is 2. The first-order chi connectivity index (χ1) is 14.7. The van der Waals surface area contributed by atoms with Gasteiger partial charge in [0.05, 0.1) is 6.61 Å². The van der Waals surface area contributed by atoms with Crippen molar-refractivity contribution < 1.29 is 9.53 Å². The molecule has 0 saturated carbocycles. The largest absolute Gasteiger partial charge is 0.450 e. The fourth-order valence-electron chi connectivity index (χ4n) is 4.22. The smallest absolute Gasteiger partial charge is 0.409 e. The van der Waals surface area contributed by atoms with Crippen LogP contribution >= 0.6 is 11.3 Å². The second-order valence-corrected chi connectivity index (χ2v) is 9.18. The van der Waals surface area contributed by atoms with Crippen LogP contribution in [-0.2, 0) is 11.3 Å². The highest BCUT2D eigenvalue weighted by Gasteiger charge is 2.24. The summed E-state index contributed by atoms with van der Waals surface area (Å²) in [5, 5.41) is 9.14.